The highest BCUT2D eigenvalue weighted by molar-refractivity contribution is 7.92. The highest BCUT2D eigenvalue weighted by Gasteiger charge is 2.28. The summed E-state index contributed by atoms with van der Waals surface area (Å²) in [7, 11) is -4.16. The average Bonchev–Trinajstić information content (AvgIpc) is 3.12. The lowest BCUT2D eigenvalue weighted by molar-refractivity contribution is -0.119. The predicted molar refractivity (Wildman–Crippen MR) is 112 cm³/mol. The number of benzene rings is 2. The summed E-state index contributed by atoms with van der Waals surface area (Å²) in [4.78, 5) is 13.2. The number of para-hydroxylation sites is 1. The van der Waals surface area contributed by atoms with E-state index in [1.165, 1.54) is 47.9 Å². The third kappa shape index (κ3) is 4.87. The van der Waals surface area contributed by atoms with E-state index in [0.29, 0.717) is 0 Å². The monoisotopic (exact) mass is 431 g/mol. The van der Waals surface area contributed by atoms with Gasteiger partial charge in [-0.2, -0.15) is 5.10 Å². The maximum Gasteiger partial charge on any atom is 0.264 e. The van der Waals surface area contributed by atoms with Crippen molar-refractivity contribution in [1.82, 2.24) is 5.43 Å². The number of nitrogens with one attached hydrogen (secondary N) is 1. The van der Waals surface area contributed by atoms with E-state index in [4.69, 9.17) is 0 Å². The first kappa shape index (κ1) is 20.7. The summed E-state index contributed by atoms with van der Waals surface area (Å²) in [5, 5.41) is 5.76. The largest absolute Gasteiger partial charge is 0.271 e. The number of carbonyl (C=O) groups is 1. The van der Waals surface area contributed by atoms with Crippen molar-refractivity contribution < 1.29 is 17.6 Å². The van der Waals surface area contributed by atoms with Crippen LogP contribution in [0.5, 0.6) is 0 Å². The van der Waals surface area contributed by atoms with E-state index in [9.17, 15) is 17.6 Å². The predicted octanol–water partition coefficient (Wildman–Crippen LogP) is 3.54. The van der Waals surface area contributed by atoms with Crippen LogP contribution in [0.1, 0.15) is 10.4 Å². The van der Waals surface area contributed by atoms with Crippen LogP contribution in [0.15, 0.2) is 76.0 Å². The van der Waals surface area contributed by atoms with E-state index in [0.717, 1.165) is 20.8 Å². The lowest BCUT2D eigenvalue weighted by Crippen LogP contribution is -2.40. The summed E-state index contributed by atoms with van der Waals surface area (Å²) in [6.45, 7) is 1.28. The van der Waals surface area contributed by atoms with Gasteiger partial charge >= 0.3 is 0 Å². The lowest BCUT2D eigenvalue weighted by Gasteiger charge is -2.24. The fourth-order valence-corrected chi connectivity index (χ4v) is 4.75. The van der Waals surface area contributed by atoms with Crippen molar-refractivity contribution in [3.05, 3.63) is 82.3 Å². The second kappa shape index (κ2) is 8.97. The number of amides is 1. The van der Waals surface area contributed by atoms with Crippen molar-refractivity contribution in [2.24, 2.45) is 5.10 Å². The molecule has 29 heavy (non-hydrogen) atoms. The molecule has 0 saturated heterocycles. The molecule has 0 radical (unpaired) electrons. The summed E-state index contributed by atoms with van der Waals surface area (Å²) in [5.41, 5.74) is 3.09. The number of halogens is 1. The van der Waals surface area contributed by atoms with Crippen molar-refractivity contribution >= 4 is 39.2 Å². The molecule has 6 nitrogen and oxygen atoms in total. The summed E-state index contributed by atoms with van der Waals surface area (Å²) in [6.07, 6.45) is 1.48. The smallest absolute Gasteiger partial charge is 0.264 e. The van der Waals surface area contributed by atoms with Gasteiger partial charge in [-0.3, -0.25) is 9.10 Å². The molecule has 0 atom stereocenters. The van der Waals surface area contributed by atoms with Gasteiger partial charge in [0.25, 0.3) is 15.9 Å². The molecule has 1 amide bonds. The zero-order chi connectivity index (χ0) is 20.9. The number of rotatable bonds is 7. The number of aryl methyl sites for hydroxylation is 1. The molecule has 0 unspecified atom stereocenters. The van der Waals surface area contributed by atoms with Crippen LogP contribution in [-0.4, -0.2) is 27.1 Å². The highest BCUT2D eigenvalue weighted by Crippen LogP contribution is 2.25. The Kier molecular flexibility index (Phi) is 6.40. The summed E-state index contributed by atoms with van der Waals surface area (Å²) < 4.78 is 41.2. The Bertz CT molecular complexity index is 1130. The van der Waals surface area contributed by atoms with Crippen LogP contribution in [0.2, 0.25) is 0 Å². The summed E-state index contributed by atoms with van der Waals surface area (Å²) >= 11 is 1.46. The molecule has 9 heteroatoms. The van der Waals surface area contributed by atoms with Crippen LogP contribution in [0.25, 0.3) is 0 Å². The summed E-state index contributed by atoms with van der Waals surface area (Å²) in [6, 6.07) is 14.9. The van der Waals surface area contributed by atoms with Crippen LogP contribution < -0.4 is 9.73 Å². The van der Waals surface area contributed by atoms with Gasteiger partial charge in [0, 0.05) is 4.88 Å². The molecule has 3 rings (SSSR count). The van der Waals surface area contributed by atoms with Crippen molar-refractivity contribution in [3.63, 3.8) is 0 Å². The molecule has 0 spiro atoms. The van der Waals surface area contributed by atoms with Gasteiger partial charge in [0.2, 0.25) is 0 Å². The molecule has 0 aliphatic heterocycles. The third-order valence-electron chi connectivity index (χ3n) is 4.01. The number of nitrogens with zero attached hydrogens (tertiary/aromatic N) is 2. The lowest BCUT2D eigenvalue weighted by atomic mass is 10.3. The number of thiophene rings is 1. The third-order valence-corrected chi connectivity index (χ3v) is 6.74. The maximum atomic E-state index is 14.4. The van der Waals surface area contributed by atoms with Gasteiger partial charge in [-0.25, -0.2) is 18.2 Å². The number of sulfonamides is 1. The Morgan fingerprint density at radius 3 is 2.48 bits per heavy atom. The molecular formula is C20H18FN3O3S2. The number of hydrogen-bond acceptors (Lipinski definition) is 5. The fourth-order valence-electron chi connectivity index (χ4n) is 2.52. The van der Waals surface area contributed by atoms with Gasteiger partial charge in [-0.05, 0) is 48.2 Å². The average molecular weight is 432 g/mol. The van der Waals surface area contributed by atoms with Crippen LogP contribution in [0.3, 0.4) is 0 Å². The van der Waals surface area contributed by atoms with Gasteiger partial charge < -0.3 is 0 Å². The minimum Gasteiger partial charge on any atom is -0.271 e. The van der Waals surface area contributed by atoms with Crippen LogP contribution in [0, 0.1) is 12.7 Å². The molecule has 1 aromatic heterocycles. The highest BCUT2D eigenvalue weighted by atomic mass is 32.2. The number of hydrogen-bond donors (Lipinski definition) is 1. The van der Waals surface area contributed by atoms with Crippen LogP contribution in [-0.2, 0) is 14.8 Å². The molecule has 0 bridgehead atoms. The molecule has 2 aromatic carbocycles. The second-order valence-corrected chi connectivity index (χ2v) is 8.85. The van der Waals surface area contributed by atoms with Crippen molar-refractivity contribution in [2.75, 3.05) is 10.8 Å². The fraction of sp³-hybridized carbons (Fsp3) is 0.100. The Labute approximate surface area is 172 Å². The second-order valence-electron chi connectivity index (χ2n) is 6.04. The standard InChI is InChI=1S/C20H18FN3O3S2/c1-15-11-12-28-19(15)13-22-23-20(25)14-24(18-10-6-5-9-17(18)21)29(26,27)16-7-3-2-4-8-16/h2-13H,14H2,1H3,(H,23,25)/b22-13-. The Balaban J connectivity index is 1.86. The normalized spacial score (nSPS) is 11.5. The number of hydrazone groups is 1. The van der Waals surface area contributed by atoms with Gasteiger partial charge in [-0.1, -0.05) is 30.3 Å². The van der Waals surface area contributed by atoms with Crippen LogP contribution in [0.4, 0.5) is 10.1 Å². The van der Waals surface area contributed by atoms with E-state index in [2.05, 4.69) is 10.5 Å². The molecule has 150 valence electrons. The quantitative estimate of drug-likeness (QED) is 0.459. The number of carbonyl (C=O) groups excluding carboxylic acids is 1. The van der Waals surface area contributed by atoms with Crippen molar-refractivity contribution in [1.29, 1.82) is 0 Å². The Morgan fingerprint density at radius 1 is 1.14 bits per heavy atom. The molecule has 3 aromatic rings. The van der Waals surface area contributed by atoms with Crippen molar-refractivity contribution in [2.45, 2.75) is 11.8 Å². The molecule has 0 aliphatic carbocycles. The Hall–Kier alpha value is -3.04. The SMILES string of the molecule is Cc1ccsc1/C=N\NC(=O)CN(c1ccccc1F)S(=O)(=O)c1ccccc1. The van der Waals surface area contributed by atoms with Crippen LogP contribution >= 0.6 is 11.3 Å². The first-order valence-electron chi connectivity index (χ1n) is 8.58. The van der Waals surface area contributed by atoms with E-state index in [1.54, 1.807) is 18.2 Å². The van der Waals surface area contributed by atoms with Gasteiger partial charge in [0.05, 0.1) is 16.8 Å². The minimum atomic E-state index is -4.16. The van der Waals surface area contributed by atoms with E-state index in [1.807, 2.05) is 18.4 Å². The molecule has 1 heterocycles. The molecule has 0 saturated carbocycles. The van der Waals surface area contributed by atoms with Gasteiger partial charge in [0.15, 0.2) is 0 Å². The zero-order valence-corrected chi connectivity index (χ0v) is 17.1. The van der Waals surface area contributed by atoms with Gasteiger partial charge in [0.1, 0.15) is 12.4 Å². The molecular weight excluding hydrogens is 413 g/mol. The zero-order valence-electron chi connectivity index (χ0n) is 15.4. The van der Waals surface area contributed by atoms with Crippen molar-refractivity contribution in [3.8, 4) is 0 Å². The molecule has 0 aliphatic rings. The molecule has 1 N–H and O–H groups in total. The first-order valence-corrected chi connectivity index (χ1v) is 10.9. The summed E-state index contributed by atoms with van der Waals surface area (Å²) in [5.74, 6) is -1.45. The minimum absolute atomic E-state index is 0.0474. The van der Waals surface area contributed by atoms with Gasteiger partial charge in [-0.15, -0.1) is 11.3 Å². The van der Waals surface area contributed by atoms with E-state index >= 15 is 0 Å². The first-order chi connectivity index (χ1) is 13.9. The van der Waals surface area contributed by atoms with E-state index in [-0.39, 0.29) is 10.6 Å². The topological polar surface area (TPSA) is 78.8 Å². The Morgan fingerprint density at radius 2 is 1.83 bits per heavy atom. The maximum absolute atomic E-state index is 14.4. The molecule has 0 fully saturated rings. The van der Waals surface area contributed by atoms with E-state index < -0.39 is 28.3 Å². The number of anilines is 1.